The molecular formula is C22H29N3O2S. The Bertz CT molecular complexity index is 789. The van der Waals surface area contributed by atoms with Crippen LogP contribution in [0, 0.1) is 12.8 Å². The van der Waals surface area contributed by atoms with Crippen molar-refractivity contribution in [2.24, 2.45) is 5.92 Å². The molecule has 3 rings (SSSR count). The molecule has 1 aliphatic heterocycles. The summed E-state index contributed by atoms with van der Waals surface area (Å²) in [6, 6.07) is 11.9. The Hall–Kier alpha value is -2.18. The average molecular weight is 400 g/mol. The van der Waals surface area contributed by atoms with E-state index in [1.54, 1.807) is 11.3 Å². The zero-order valence-electron chi connectivity index (χ0n) is 16.8. The number of hydrogen-bond acceptors (Lipinski definition) is 4. The van der Waals surface area contributed by atoms with E-state index in [-0.39, 0.29) is 29.8 Å². The minimum absolute atomic E-state index is 0.0211. The Balaban J connectivity index is 1.88. The van der Waals surface area contributed by atoms with Crippen molar-refractivity contribution >= 4 is 28.8 Å². The van der Waals surface area contributed by atoms with Crippen LogP contribution in [0.4, 0.5) is 5.69 Å². The van der Waals surface area contributed by atoms with Gasteiger partial charge in [0, 0.05) is 29.6 Å². The second-order valence-electron chi connectivity index (χ2n) is 7.41. The Morgan fingerprint density at radius 1 is 1.29 bits per heavy atom. The van der Waals surface area contributed by atoms with Gasteiger partial charge in [0.25, 0.3) is 0 Å². The van der Waals surface area contributed by atoms with Crippen molar-refractivity contribution in [1.82, 2.24) is 10.6 Å². The molecule has 1 saturated heterocycles. The molecular weight excluding hydrogens is 370 g/mol. The number of thiophene rings is 1. The fourth-order valence-electron chi connectivity index (χ4n) is 3.77. The van der Waals surface area contributed by atoms with Crippen LogP contribution in [0.2, 0.25) is 0 Å². The highest BCUT2D eigenvalue weighted by Crippen LogP contribution is 2.41. The van der Waals surface area contributed by atoms with Crippen LogP contribution in [0.3, 0.4) is 0 Å². The van der Waals surface area contributed by atoms with Crippen LogP contribution in [0.5, 0.6) is 0 Å². The maximum Gasteiger partial charge on any atom is 0.227 e. The SMILES string of the molecule is CCN[C@H](C)CNC(=O)C1CCC(=O)N(c2ccc(C)cc2)C1c1cccs1. The van der Waals surface area contributed by atoms with Crippen LogP contribution in [0.15, 0.2) is 41.8 Å². The van der Waals surface area contributed by atoms with Gasteiger partial charge in [-0.15, -0.1) is 11.3 Å². The van der Waals surface area contributed by atoms with Crippen LogP contribution < -0.4 is 15.5 Å². The number of benzene rings is 1. The molecule has 2 unspecified atom stereocenters. The largest absolute Gasteiger partial charge is 0.354 e. The van der Waals surface area contributed by atoms with Gasteiger partial charge in [-0.25, -0.2) is 0 Å². The lowest BCUT2D eigenvalue weighted by molar-refractivity contribution is -0.129. The first-order chi connectivity index (χ1) is 13.5. The number of nitrogens with zero attached hydrogens (tertiary/aromatic N) is 1. The standard InChI is InChI=1S/C22H29N3O2S/c1-4-23-16(3)14-24-22(27)18-11-12-20(26)25(17-9-7-15(2)8-10-17)21(18)19-6-5-13-28-19/h5-10,13,16,18,21,23H,4,11-12,14H2,1-3H3,(H,24,27)/t16-,18?,21?/m1/s1. The van der Waals surface area contributed by atoms with Crippen molar-refractivity contribution in [2.45, 2.75) is 45.7 Å². The molecule has 1 aliphatic rings. The van der Waals surface area contributed by atoms with Crippen LogP contribution in [0.1, 0.15) is 43.2 Å². The number of nitrogens with one attached hydrogen (secondary N) is 2. The summed E-state index contributed by atoms with van der Waals surface area (Å²) in [5, 5.41) is 8.41. The lowest BCUT2D eigenvalue weighted by Gasteiger charge is -2.40. The molecule has 0 radical (unpaired) electrons. The van der Waals surface area contributed by atoms with E-state index in [0.717, 1.165) is 22.7 Å². The fourth-order valence-corrected chi connectivity index (χ4v) is 4.65. The smallest absolute Gasteiger partial charge is 0.227 e. The second kappa shape index (κ2) is 9.34. The maximum absolute atomic E-state index is 13.1. The molecule has 3 atom stereocenters. The van der Waals surface area contributed by atoms with Crippen LogP contribution in [-0.2, 0) is 9.59 Å². The molecule has 2 heterocycles. The molecule has 0 saturated carbocycles. The third-order valence-corrected chi connectivity index (χ3v) is 6.16. The van der Waals surface area contributed by atoms with Gasteiger partial charge in [0.05, 0.1) is 12.0 Å². The summed E-state index contributed by atoms with van der Waals surface area (Å²) in [6.07, 6.45) is 0.960. The molecule has 1 aromatic heterocycles. The van der Waals surface area contributed by atoms with E-state index in [4.69, 9.17) is 0 Å². The summed E-state index contributed by atoms with van der Waals surface area (Å²) in [7, 11) is 0. The Morgan fingerprint density at radius 2 is 2.04 bits per heavy atom. The lowest BCUT2D eigenvalue weighted by atomic mass is 9.86. The molecule has 0 spiro atoms. The molecule has 2 N–H and O–H groups in total. The van der Waals surface area contributed by atoms with Crippen molar-refractivity contribution in [2.75, 3.05) is 18.0 Å². The van der Waals surface area contributed by atoms with Crippen molar-refractivity contribution in [3.8, 4) is 0 Å². The van der Waals surface area contributed by atoms with Crippen molar-refractivity contribution in [3.05, 3.63) is 52.2 Å². The predicted molar refractivity (Wildman–Crippen MR) is 115 cm³/mol. The number of rotatable bonds is 7. The van der Waals surface area contributed by atoms with Gasteiger partial charge in [-0.1, -0.05) is 30.7 Å². The summed E-state index contributed by atoms with van der Waals surface area (Å²) in [5.41, 5.74) is 2.00. The van der Waals surface area contributed by atoms with Gasteiger partial charge in [0.1, 0.15) is 0 Å². The number of piperidine rings is 1. The fraction of sp³-hybridized carbons (Fsp3) is 0.455. The predicted octanol–water partition coefficient (Wildman–Crippen LogP) is 3.66. The zero-order valence-corrected chi connectivity index (χ0v) is 17.6. The van der Waals surface area contributed by atoms with Gasteiger partial charge in [-0.2, -0.15) is 0 Å². The lowest BCUT2D eigenvalue weighted by Crippen LogP contribution is -2.49. The Morgan fingerprint density at radius 3 is 2.68 bits per heavy atom. The number of carbonyl (C=O) groups excluding carboxylic acids is 2. The van der Waals surface area contributed by atoms with Gasteiger partial charge in [-0.3, -0.25) is 9.59 Å². The highest BCUT2D eigenvalue weighted by molar-refractivity contribution is 7.10. The summed E-state index contributed by atoms with van der Waals surface area (Å²) in [5.74, 6) is -0.161. The van der Waals surface area contributed by atoms with E-state index in [2.05, 4.69) is 24.5 Å². The first-order valence-corrected chi connectivity index (χ1v) is 10.8. The van der Waals surface area contributed by atoms with Crippen molar-refractivity contribution in [3.63, 3.8) is 0 Å². The molecule has 2 aromatic rings. The van der Waals surface area contributed by atoms with E-state index in [1.807, 2.05) is 53.6 Å². The molecule has 0 aliphatic carbocycles. The summed E-state index contributed by atoms with van der Waals surface area (Å²) in [6.45, 7) is 7.59. The summed E-state index contributed by atoms with van der Waals surface area (Å²) < 4.78 is 0. The molecule has 1 fully saturated rings. The number of likely N-dealkylation sites (N-methyl/N-ethyl adjacent to an activating group) is 1. The molecule has 150 valence electrons. The third-order valence-electron chi connectivity index (χ3n) is 5.22. The normalized spacial score (nSPS) is 20.8. The number of aryl methyl sites for hydroxylation is 1. The van der Waals surface area contributed by atoms with Gasteiger partial charge in [0.15, 0.2) is 0 Å². The molecule has 2 amide bonds. The number of amides is 2. The van der Waals surface area contributed by atoms with Crippen molar-refractivity contribution < 1.29 is 9.59 Å². The van der Waals surface area contributed by atoms with Crippen LogP contribution in [-0.4, -0.2) is 30.9 Å². The van der Waals surface area contributed by atoms with E-state index in [1.165, 1.54) is 0 Å². The summed E-state index contributed by atoms with van der Waals surface area (Å²) >= 11 is 1.60. The van der Waals surface area contributed by atoms with Gasteiger partial charge >= 0.3 is 0 Å². The van der Waals surface area contributed by atoms with E-state index in [0.29, 0.717) is 19.4 Å². The van der Waals surface area contributed by atoms with Crippen LogP contribution in [0.25, 0.3) is 0 Å². The van der Waals surface area contributed by atoms with E-state index >= 15 is 0 Å². The highest BCUT2D eigenvalue weighted by atomic mass is 32.1. The van der Waals surface area contributed by atoms with Gasteiger partial charge < -0.3 is 15.5 Å². The van der Waals surface area contributed by atoms with E-state index in [9.17, 15) is 9.59 Å². The van der Waals surface area contributed by atoms with Crippen molar-refractivity contribution in [1.29, 1.82) is 0 Å². The maximum atomic E-state index is 13.1. The zero-order chi connectivity index (χ0) is 20.1. The molecule has 6 heteroatoms. The minimum Gasteiger partial charge on any atom is -0.354 e. The Kier molecular flexibility index (Phi) is 6.86. The molecule has 5 nitrogen and oxygen atoms in total. The number of anilines is 1. The van der Waals surface area contributed by atoms with Gasteiger partial charge in [-0.05, 0) is 50.4 Å². The average Bonchev–Trinajstić information content (AvgIpc) is 3.21. The van der Waals surface area contributed by atoms with Gasteiger partial charge in [0.2, 0.25) is 11.8 Å². The Labute approximate surface area is 171 Å². The topological polar surface area (TPSA) is 61.4 Å². The quantitative estimate of drug-likeness (QED) is 0.747. The molecule has 28 heavy (non-hydrogen) atoms. The monoisotopic (exact) mass is 399 g/mol. The van der Waals surface area contributed by atoms with Crippen LogP contribution >= 0.6 is 11.3 Å². The molecule has 1 aromatic carbocycles. The summed E-state index contributed by atoms with van der Waals surface area (Å²) in [4.78, 5) is 28.8. The third kappa shape index (κ3) is 4.62. The number of carbonyl (C=O) groups is 2. The first-order valence-electron chi connectivity index (χ1n) is 9.94. The minimum atomic E-state index is -0.265. The first kappa shape index (κ1) is 20.6. The molecule has 0 bridgehead atoms. The second-order valence-corrected chi connectivity index (χ2v) is 8.39. The van der Waals surface area contributed by atoms with E-state index < -0.39 is 0 Å². The number of hydrogen-bond donors (Lipinski definition) is 2. The highest BCUT2D eigenvalue weighted by Gasteiger charge is 2.41.